The van der Waals surface area contributed by atoms with Crippen LogP contribution in [0.5, 0.6) is 0 Å². The molecule has 4 heterocycles. The van der Waals surface area contributed by atoms with Crippen molar-refractivity contribution >= 4 is 68.2 Å². The van der Waals surface area contributed by atoms with E-state index in [2.05, 4.69) is 43.1 Å². The quantitative estimate of drug-likeness (QED) is 0.141. The Morgan fingerprint density at radius 1 is 1.18 bits per heavy atom. The Labute approximate surface area is 203 Å². The van der Waals surface area contributed by atoms with E-state index in [-0.39, 0.29) is 5.91 Å². The third-order valence-electron chi connectivity index (χ3n) is 5.46. The molecule has 168 valence electrons. The van der Waals surface area contributed by atoms with Crippen LogP contribution < -0.4 is 5.73 Å². The summed E-state index contributed by atoms with van der Waals surface area (Å²) in [5.74, 6) is 0.700. The van der Waals surface area contributed by atoms with Crippen LogP contribution in [-0.2, 0) is 11.2 Å². The van der Waals surface area contributed by atoms with E-state index in [1.165, 1.54) is 11.8 Å². The molecular formula is C22H21N7OS3. The van der Waals surface area contributed by atoms with Crippen molar-refractivity contribution in [3.8, 4) is 11.1 Å². The molecule has 4 N–H and O–H groups in total. The van der Waals surface area contributed by atoms with Gasteiger partial charge in [0.1, 0.15) is 4.32 Å². The van der Waals surface area contributed by atoms with Crippen LogP contribution in [-0.4, -0.2) is 47.3 Å². The van der Waals surface area contributed by atoms with Crippen LogP contribution in [0.2, 0.25) is 0 Å². The molecule has 33 heavy (non-hydrogen) atoms. The van der Waals surface area contributed by atoms with E-state index >= 15 is 0 Å². The number of anilines is 1. The summed E-state index contributed by atoms with van der Waals surface area (Å²) in [6.07, 6.45) is 7.39. The number of rotatable bonds is 8. The first-order valence-corrected chi connectivity index (χ1v) is 12.6. The Hall–Kier alpha value is -3.02. The molecule has 11 heteroatoms. The third kappa shape index (κ3) is 4.70. The zero-order chi connectivity index (χ0) is 22.8. The van der Waals surface area contributed by atoms with Gasteiger partial charge < -0.3 is 10.7 Å². The lowest BCUT2D eigenvalue weighted by molar-refractivity contribution is -0.122. The second-order valence-electron chi connectivity index (χ2n) is 7.72. The van der Waals surface area contributed by atoms with Crippen LogP contribution in [0, 0.1) is 0 Å². The average molecular weight is 496 g/mol. The minimum Gasteiger partial charge on any atom is -0.397 e. The first-order chi connectivity index (χ1) is 16.1. The Balaban J connectivity index is 1.22. The van der Waals surface area contributed by atoms with Crippen molar-refractivity contribution in [1.82, 2.24) is 30.5 Å². The predicted octanol–water partition coefficient (Wildman–Crippen LogP) is 4.61. The number of amides is 1. The smallest absolute Gasteiger partial charge is 0.266 e. The number of nitrogens with zero attached hydrogens (tertiary/aromatic N) is 4. The van der Waals surface area contributed by atoms with E-state index in [9.17, 15) is 4.79 Å². The SMILES string of the molecule is Nc1cc(-c2csc(/C=C3\SC(=S)N(CCCCCc4nn[nH]n4)C3=O)c2)cc2cc[nH]c12. The summed E-state index contributed by atoms with van der Waals surface area (Å²) in [6.45, 7) is 0.625. The largest absolute Gasteiger partial charge is 0.397 e. The molecule has 1 aromatic carbocycles. The van der Waals surface area contributed by atoms with Gasteiger partial charge in [0.25, 0.3) is 5.91 Å². The molecule has 1 saturated heterocycles. The molecular weight excluding hydrogens is 474 g/mol. The number of carbonyl (C=O) groups is 1. The van der Waals surface area contributed by atoms with E-state index in [1.807, 2.05) is 24.4 Å². The van der Waals surface area contributed by atoms with Gasteiger partial charge in [0.05, 0.1) is 16.1 Å². The van der Waals surface area contributed by atoms with Crippen molar-refractivity contribution in [1.29, 1.82) is 0 Å². The van der Waals surface area contributed by atoms with Crippen molar-refractivity contribution in [3.05, 3.63) is 51.4 Å². The maximum atomic E-state index is 12.9. The number of aromatic amines is 2. The fourth-order valence-electron chi connectivity index (χ4n) is 3.79. The summed E-state index contributed by atoms with van der Waals surface area (Å²) in [6, 6.07) is 8.19. The van der Waals surface area contributed by atoms with Crippen molar-refractivity contribution in [2.24, 2.45) is 0 Å². The Kier molecular flexibility index (Phi) is 6.25. The van der Waals surface area contributed by atoms with Gasteiger partial charge in [-0.25, -0.2) is 0 Å². The van der Waals surface area contributed by atoms with Crippen LogP contribution in [0.25, 0.3) is 28.1 Å². The van der Waals surface area contributed by atoms with Crippen LogP contribution in [0.15, 0.2) is 40.7 Å². The monoisotopic (exact) mass is 495 g/mol. The molecule has 5 rings (SSSR count). The molecule has 1 aliphatic rings. The zero-order valence-corrected chi connectivity index (χ0v) is 20.0. The number of unbranched alkanes of at least 4 members (excludes halogenated alkanes) is 2. The summed E-state index contributed by atoms with van der Waals surface area (Å²) in [4.78, 5) is 19.5. The number of hydrogen-bond donors (Lipinski definition) is 3. The molecule has 1 fully saturated rings. The van der Waals surface area contributed by atoms with E-state index in [0.717, 1.165) is 64.1 Å². The lowest BCUT2D eigenvalue weighted by Crippen LogP contribution is -2.29. The van der Waals surface area contributed by atoms with E-state index in [1.54, 1.807) is 16.2 Å². The molecule has 1 aliphatic heterocycles. The zero-order valence-electron chi connectivity index (χ0n) is 17.6. The lowest BCUT2D eigenvalue weighted by atomic mass is 10.1. The number of nitrogens with one attached hydrogen (secondary N) is 2. The molecule has 8 nitrogen and oxygen atoms in total. The van der Waals surface area contributed by atoms with Gasteiger partial charge in [-0.05, 0) is 59.7 Å². The van der Waals surface area contributed by atoms with Crippen LogP contribution >= 0.6 is 35.3 Å². The van der Waals surface area contributed by atoms with Crippen LogP contribution in [0.1, 0.15) is 30.0 Å². The Morgan fingerprint density at radius 2 is 2.09 bits per heavy atom. The van der Waals surface area contributed by atoms with Crippen molar-refractivity contribution in [2.75, 3.05) is 12.3 Å². The molecule has 1 amide bonds. The van der Waals surface area contributed by atoms with Crippen LogP contribution in [0.4, 0.5) is 5.69 Å². The normalized spacial score (nSPS) is 15.4. The number of hydrogen-bond acceptors (Lipinski definition) is 8. The molecule has 0 atom stereocenters. The number of tetrazole rings is 1. The topological polar surface area (TPSA) is 117 Å². The fourth-order valence-corrected chi connectivity index (χ4v) is 6.01. The standard InChI is InChI=1S/C22H21N7OS3/c23-17-10-14(8-13-5-6-24-20(13)17)15-9-16(32-12-15)11-18-21(30)29(22(31)33-18)7-3-1-2-4-19-25-27-28-26-19/h5-6,8-12,24H,1-4,7,23H2,(H,25,26,27,28)/b18-11-. The average Bonchev–Trinajstić information content (AvgIpc) is 3.59. The van der Waals surface area contributed by atoms with Gasteiger partial charge >= 0.3 is 0 Å². The number of nitrogens with two attached hydrogens (primary N) is 1. The molecule has 0 radical (unpaired) electrons. The minimum atomic E-state index is -0.0175. The highest BCUT2D eigenvalue weighted by Crippen LogP contribution is 2.36. The van der Waals surface area contributed by atoms with Gasteiger partial charge in [-0.2, -0.15) is 5.21 Å². The van der Waals surface area contributed by atoms with Crippen molar-refractivity contribution < 1.29 is 4.79 Å². The summed E-state index contributed by atoms with van der Waals surface area (Å²) in [5, 5.41) is 17.1. The fraction of sp³-hybridized carbons (Fsp3) is 0.227. The molecule has 0 unspecified atom stereocenters. The van der Waals surface area contributed by atoms with Gasteiger partial charge in [0, 0.05) is 29.4 Å². The molecule has 0 bridgehead atoms. The maximum absolute atomic E-state index is 12.9. The summed E-state index contributed by atoms with van der Waals surface area (Å²) in [5.41, 5.74) is 10.0. The highest BCUT2D eigenvalue weighted by atomic mass is 32.2. The van der Waals surface area contributed by atoms with Gasteiger partial charge in [0.2, 0.25) is 0 Å². The number of nitrogen functional groups attached to an aromatic ring is 1. The third-order valence-corrected chi connectivity index (χ3v) is 7.72. The van der Waals surface area contributed by atoms with Gasteiger partial charge in [-0.3, -0.25) is 9.69 Å². The molecule has 3 aromatic heterocycles. The second kappa shape index (κ2) is 9.46. The highest BCUT2D eigenvalue weighted by molar-refractivity contribution is 8.26. The van der Waals surface area contributed by atoms with Gasteiger partial charge in [-0.15, -0.1) is 21.5 Å². The maximum Gasteiger partial charge on any atom is 0.266 e. The summed E-state index contributed by atoms with van der Waals surface area (Å²) >= 11 is 8.44. The molecule has 0 spiro atoms. The number of aromatic nitrogens is 5. The number of thiocarbonyl (C=S) groups is 1. The molecule has 0 aliphatic carbocycles. The first-order valence-electron chi connectivity index (χ1n) is 10.5. The van der Waals surface area contributed by atoms with E-state index in [0.29, 0.717) is 15.8 Å². The predicted molar refractivity (Wildman–Crippen MR) is 138 cm³/mol. The first kappa shape index (κ1) is 21.8. The van der Waals surface area contributed by atoms with E-state index < -0.39 is 0 Å². The van der Waals surface area contributed by atoms with Gasteiger partial charge in [0.15, 0.2) is 5.82 Å². The minimum absolute atomic E-state index is 0.0175. The van der Waals surface area contributed by atoms with Crippen LogP contribution in [0.3, 0.4) is 0 Å². The Morgan fingerprint density at radius 3 is 2.94 bits per heavy atom. The molecule has 4 aromatic rings. The number of aryl methyl sites for hydroxylation is 1. The number of thiophene rings is 1. The number of carbonyl (C=O) groups excluding carboxylic acids is 1. The number of benzene rings is 1. The summed E-state index contributed by atoms with van der Waals surface area (Å²) < 4.78 is 0.617. The lowest BCUT2D eigenvalue weighted by Gasteiger charge is -2.13. The Bertz CT molecular complexity index is 1340. The highest BCUT2D eigenvalue weighted by Gasteiger charge is 2.31. The summed E-state index contributed by atoms with van der Waals surface area (Å²) in [7, 11) is 0. The number of H-pyrrole nitrogens is 2. The number of thioether (sulfide) groups is 1. The van der Waals surface area contributed by atoms with Crippen molar-refractivity contribution in [3.63, 3.8) is 0 Å². The molecule has 0 saturated carbocycles. The van der Waals surface area contributed by atoms with Gasteiger partial charge in [-0.1, -0.05) is 35.6 Å². The second-order valence-corrected chi connectivity index (χ2v) is 10.3. The van der Waals surface area contributed by atoms with E-state index in [4.69, 9.17) is 18.0 Å². The number of fused-ring (bicyclic) bond motifs is 1. The van der Waals surface area contributed by atoms with Crippen molar-refractivity contribution in [2.45, 2.75) is 25.7 Å².